The maximum Gasteiger partial charge on any atom is 0.164 e. The van der Waals surface area contributed by atoms with Gasteiger partial charge >= 0.3 is 0 Å². The van der Waals surface area contributed by atoms with E-state index in [4.69, 9.17) is 19.4 Å². The van der Waals surface area contributed by atoms with E-state index in [1.807, 2.05) is 36.4 Å². The lowest BCUT2D eigenvalue weighted by Crippen LogP contribution is -2.01. The second-order valence-electron chi connectivity index (χ2n) is 17.5. The van der Waals surface area contributed by atoms with Crippen LogP contribution in [0.15, 0.2) is 235 Å². The summed E-state index contributed by atoms with van der Waals surface area (Å²) in [7, 11) is 0. The molecule has 1 aliphatic carbocycles. The molecule has 0 fully saturated rings. The molecule has 0 radical (unpaired) electrons. The zero-order chi connectivity index (χ0) is 45.0. The summed E-state index contributed by atoms with van der Waals surface area (Å²) in [5, 5.41) is 4.50. The van der Waals surface area contributed by atoms with Gasteiger partial charge in [-0.2, -0.15) is 0 Å². The molecule has 5 heteroatoms. The first-order chi connectivity index (χ1) is 33.7. The zero-order valence-corrected chi connectivity index (χ0v) is 37.1. The monoisotopic (exact) mass is 870 g/mol. The van der Waals surface area contributed by atoms with Crippen molar-refractivity contribution in [2.24, 2.45) is 0 Å². The average Bonchev–Trinajstić information content (AvgIpc) is 3.97. The molecular weight excluding hydrogens is 829 g/mol. The van der Waals surface area contributed by atoms with E-state index in [0.717, 1.165) is 90.4 Å². The number of fused-ring (bicyclic) bond motifs is 7. The SMILES string of the molecule is C1=CCCC(c2cc(-c3ccccc3)cc(-c3ccc(-c4ccc5oc6ccc7c(c8ccccc8n7-c7ccccc7)c6c5c4)c(-c4nc(-c5ccccc5)nc(-c5ccccc5)n4)c3)c2)=C1. The van der Waals surface area contributed by atoms with E-state index < -0.39 is 0 Å². The number of aromatic nitrogens is 4. The Morgan fingerprint density at radius 1 is 0.382 bits per heavy atom. The lowest BCUT2D eigenvalue weighted by atomic mass is 9.89. The molecule has 0 N–H and O–H groups in total. The molecule has 0 spiro atoms. The van der Waals surface area contributed by atoms with E-state index in [2.05, 4.69) is 199 Å². The minimum Gasteiger partial charge on any atom is -0.456 e. The van der Waals surface area contributed by atoms with Crippen LogP contribution in [0.4, 0.5) is 0 Å². The van der Waals surface area contributed by atoms with E-state index in [1.54, 1.807) is 0 Å². The minimum atomic E-state index is 0.597. The Morgan fingerprint density at radius 2 is 0.985 bits per heavy atom. The number of allylic oxidation sites excluding steroid dienone is 4. The number of rotatable bonds is 8. The fourth-order valence-electron chi connectivity index (χ4n) is 10.1. The second kappa shape index (κ2) is 16.5. The highest BCUT2D eigenvalue weighted by atomic mass is 16.3. The molecule has 0 unspecified atom stereocenters. The highest BCUT2D eigenvalue weighted by molar-refractivity contribution is 6.27. The molecule has 3 heterocycles. The van der Waals surface area contributed by atoms with E-state index in [0.29, 0.717) is 17.5 Å². The molecule has 0 aliphatic heterocycles. The van der Waals surface area contributed by atoms with E-state index >= 15 is 0 Å². The lowest BCUT2D eigenvalue weighted by molar-refractivity contribution is 0.669. The molecule has 1 aliphatic rings. The van der Waals surface area contributed by atoms with E-state index in [9.17, 15) is 0 Å². The molecule has 3 aromatic heterocycles. The molecule has 13 rings (SSSR count). The summed E-state index contributed by atoms with van der Waals surface area (Å²) in [6.07, 6.45) is 8.71. The smallest absolute Gasteiger partial charge is 0.164 e. The van der Waals surface area contributed by atoms with Crippen LogP contribution in [0, 0.1) is 0 Å². The first kappa shape index (κ1) is 39.4. The predicted molar refractivity (Wildman–Crippen MR) is 280 cm³/mol. The number of hydrogen-bond acceptors (Lipinski definition) is 4. The maximum absolute atomic E-state index is 6.69. The van der Waals surface area contributed by atoms with Crippen molar-refractivity contribution < 1.29 is 4.42 Å². The van der Waals surface area contributed by atoms with Gasteiger partial charge in [0.1, 0.15) is 11.2 Å². The number of hydrogen-bond donors (Lipinski definition) is 0. The molecule has 0 saturated heterocycles. The number of furan rings is 1. The molecule has 0 saturated carbocycles. The van der Waals surface area contributed by atoms with Crippen LogP contribution >= 0.6 is 0 Å². The van der Waals surface area contributed by atoms with Gasteiger partial charge in [0.15, 0.2) is 17.5 Å². The highest BCUT2D eigenvalue weighted by Gasteiger charge is 2.22. The van der Waals surface area contributed by atoms with Crippen molar-refractivity contribution in [2.45, 2.75) is 12.8 Å². The molecule has 320 valence electrons. The Hall–Kier alpha value is -8.93. The summed E-state index contributed by atoms with van der Waals surface area (Å²) in [6, 6.07) is 75.0. The second-order valence-corrected chi connectivity index (χ2v) is 17.5. The van der Waals surface area contributed by atoms with Crippen LogP contribution < -0.4 is 0 Å². The first-order valence-corrected chi connectivity index (χ1v) is 23.2. The molecule has 0 bridgehead atoms. The molecular formula is C63H42N4O. The fourth-order valence-corrected chi connectivity index (χ4v) is 10.1. The highest BCUT2D eigenvalue weighted by Crippen LogP contribution is 2.44. The van der Waals surface area contributed by atoms with Gasteiger partial charge in [-0.15, -0.1) is 0 Å². The van der Waals surface area contributed by atoms with Gasteiger partial charge in [0.25, 0.3) is 0 Å². The first-order valence-electron chi connectivity index (χ1n) is 23.2. The molecule has 5 nitrogen and oxygen atoms in total. The third-order valence-corrected chi connectivity index (χ3v) is 13.3. The van der Waals surface area contributed by atoms with Gasteiger partial charge in [0.05, 0.1) is 11.0 Å². The van der Waals surface area contributed by atoms with Gasteiger partial charge < -0.3 is 8.98 Å². The van der Waals surface area contributed by atoms with Crippen LogP contribution in [0.3, 0.4) is 0 Å². The molecule has 68 heavy (non-hydrogen) atoms. The van der Waals surface area contributed by atoms with Gasteiger partial charge in [-0.1, -0.05) is 164 Å². The van der Waals surface area contributed by atoms with Gasteiger partial charge in [-0.05, 0) is 124 Å². The van der Waals surface area contributed by atoms with Crippen molar-refractivity contribution in [1.82, 2.24) is 19.5 Å². The van der Waals surface area contributed by atoms with Gasteiger partial charge in [0.2, 0.25) is 0 Å². The average molecular weight is 871 g/mol. The Labute approximate surface area is 393 Å². The summed E-state index contributed by atoms with van der Waals surface area (Å²) >= 11 is 0. The quantitative estimate of drug-likeness (QED) is 0.153. The van der Waals surface area contributed by atoms with Crippen LogP contribution in [0.1, 0.15) is 18.4 Å². The van der Waals surface area contributed by atoms with E-state index in [1.165, 1.54) is 33.0 Å². The van der Waals surface area contributed by atoms with Crippen LogP contribution in [0.25, 0.3) is 123 Å². The zero-order valence-electron chi connectivity index (χ0n) is 37.1. The van der Waals surface area contributed by atoms with Gasteiger partial charge in [0, 0.05) is 43.9 Å². The van der Waals surface area contributed by atoms with Crippen LogP contribution in [0.2, 0.25) is 0 Å². The van der Waals surface area contributed by atoms with Crippen molar-refractivity contribution in [3.63, 3.8) is 0 Å². The topological polar surface area (TPSA) is 56.7 Å². The lowest BCUT2D eigenvalue weighted by Gasteiger charge is -2.17. The summed E-state index contributed by atoms with van der Waals surface area (Å²) in [4.78, 5) is 15.7. The van der Waals surface area contributed by atoms with Crippen molar-refractivity contribution in [3.8, 4) is 73.2 Å². The van der Waals surface area contributed by atoms with Gasteiger partial charge in [-0.25, -0.2) is 15.0 Å². The van der Waals surface area contributed by atoms with Crippen molar-refractivity contribution in [2.75, 3.05) is 0 Å². The summed E-state index contributed by atoms with van der Waals surface area (Å²) in [5.74, 6) is 1.83. The van der Waals surface area contributed by atoms with Gasteiger partial charge in [-0.3, -0.25) is 0 Å². The number of para-hydroxylation sites is 2. The summed E-state index contributed by atoms with van der Waals surface area (Å²) in [6.45, 7) is 0. The van der Waals surface area contributed by atoms with Crippen LogP contribution in [-0.2, 0) is 0 Å². The van der Waals surface area contributed by atoms with Crippen molar-refractivity contribution in [3.05, 3.63) is 236 Å². The number of benzene rings is 9. The van der Waals surface area contributed by atoms with Crippen LogP contribution in [0.5, 0.6) is 0 Å². The third-order valence-electron chi connectivity index (χ3n) is 13.3. The largest absolute Gasteiger partial charge is 0.456 e. The molecule has 0 amide bonds. The third kappa shape index (κ3) is 6.92. The molecule has 0 atom stereocenters. The normalized spacial score (nSPS) is 12.6. The fraction of sp³-hybridized carbons (Fsp3) is 0.0317. The Bertz CT molecular complexity index is 3880. The minimum absolute atomic E-state index is 0.597. The Kier molecular flexibility index (Phi) is 9.57. The van der Waals surface area contributed by atoms with Crippen molar-refractivity contribution >= 4 is 49.3 Å². The van der Waals surface area contributed by atoms with Crippen LogP contribution in [-0.4, -0.2) is 19.5 Å². The standard InChI is InChI=1S/C63H42N4O/c1-6-18-41(19-7-1)47-36-48(42-20-8-2-9-21-42)38-49(37-47)45-30-32-51(53(39-45)63-65-61(43-22-10-3-11-23-43)64-62(66-63)44-24-12-4-13-25-44)46-31-34-57-54(40-46)60-58(68-57)35-33-56-59(60)52-28-16-17-29-55(52)67(56)50-26-14-5-15-27-50/h1-8,10-20,22-40H,9,21H2. The van der Waals surface area contributed by atoms with E-state index in [-0.39, 0.29) is 0 Å². The predicted octanol–water partition coefficient (Wildman–Crippen LogP) is 16.6. The Morgan fingerprint density at radius 3 is 1.69 bits per heavy atom. The summed E-state index contributed by atoms with van der Waals surface area (Å²) in [5.41, 5.74) is 17.0. The molecule has 9 aromatic carbocycles. The molecule has 12 aromatic rings. The summed E-state index contributed by atoms with van der Waals surface area (Å²) < 4.78 is 9.05. The number of nitrogens with zero attached hydrogens (tertiary/aromatic N) is 4. The Balaban J connectivity index is 1.07. The maximum atomic E-state index is 6.69. The van der Waals surface area contributed by atoms with Crippen molar-refractivity contribution in [1.29, 1.82) is 0 Å².